The van der Waals surface area contributed by atoms with Crippen molar-refractivity contribution in [3.63, 3.8) is 0 Å². The van der Waals surface area contributed by atoms with Crippen molar-refractivity contribution in [2.75, 3.05) is 6.61 Å². The first-order chi connectivity index (χ1) is 10.9. The van der Waals surface area contributed by atoms with Crippen LogP contribution < -0.4 is 10.2 Å². The standard InChI is InChI=1S/C17H22N4O2/c1-11-6-7-12(2)16(8-11)23-10-17(22)19-18-9-15-13(3)20-21(5)14(15)4/h6-9H,10H2,1-5H3,(H,19,22)/b18-9+. The monoisotopic (exact) mass is 314 g/mol. The van der Waals surface area contributed by atoms with Crippen molar-refractivity contribution in [3.8, 4) is 5.75 Å². The number of carbonyl (C=O) groups excluding carboxylic acids is 1. The zero-order valence-electron chi connectivity index (χ0n) is 14.2. The number of carbonyl (C=O) groups is 1. The number of hydrazone groups is 1. The summed E-state index contributed by atoms with van der Waals surface area (Å²) >= 11 is 0. The van der Waals surface area contributed by atoms with E-state index in [1.165, 1.54) is 0 Å². The van der Waals surface area contributed by atoms with E-state index in [0.29, 0.717) is 5.75 Å². The number of ether oxygens (including phenoxy) is 1. The van der Waals surface area contributed by atoms with Crippen LogP contribution >= 0.6 is 0 Å². The SMILES string of the molecule is Cc1ccc(C)c(OCC(=O)N/N=C/c2c(C)nn(C)c2C)c1. The smallest absolute Gasteiger partial charge is 0.277 e. The number of rotatable bonds is 5. The summed E-state index contributed by atoms with van der Waals surface area (Å²) in [7, 11) is 1.87. The molecule has 2 rings (SSSR count). The van der Waals surface area contributed by atoms with Gasteiger partial charge < -0.3 is 4.74 Å². The van der Waals surface area contributed by atoms with Gasteiger partial charge in [0.05, 0.1) is 11.9 Å². The highest BCUT2D eigenvalue weighted by Crippen LogP contribution is 2.18. The molecule has 1 amide bonds. The Kier molecular flexibility index (Phi) is 5.16. The molecule has 6 nitrogen and oxygen atoms in total. The Balaban J connectivity index is 1.90. The number of benzene rings is 1. The van der Waals surface area contributed by atoms with Crippen molar-refractivity contribution in [2.45, 2.75) is 27.7 Å². The molecule has 0 aliphatic heterocycles. The average molecular weight is 314 g/mol. The minimum absolute atomic E-state index is 0.0767. The summed E-state index contributed by atoms with van der Waals surface area (Å²) in [6, 6.07) is 5.88. The summed E-state index contributed by atoms with van der Waals surface area (Å²) in [5.74, 6) is 0.407. The van der Waals surface area contributed by atoms with Gasteiger partial charge >= 0.3 is 0 Å². The van der Waals surface area contributed by atoms with Gasteiger partial charge in [-0.15, -0.1) is 0 Å². The molecule has 0 unspecified atom stereocenters. The van der Waals surface area contributed by atoms with E-state index in [1.54, 1.807) is 10.9 Å². The second kappa shape index (κ2) is 7.09. The maximum atomic E-state index is 11.8. The van der Waals surface area contributed by atoms with Gasteiger partial charge in [-0.25, -0.2) is 5.43 Å². The molecule has 2 aromatic rings. The largest absolute Gasteiger partial charge is 0.483 e. The van der Waals surface area contributed by atoms with Gasteiger partial charge in [0.15, 0.2) is 6.61 Å². The molecule has 0 bridgehead atoms. The molecule has 1 aromatic heterocycles. The fourth-order valence-corrected chi connectivity index (χ4v) is 2.18. The van der Waals surface area contributed by atoms with Crippen LogP contribution in [0.4, 0.5) is 0 Å². The van der Waals surface area contributed by atoms with Gasteiger partial charge in [-0.3, -0.25) is 9.48 Å². The molecule has 6 heteroatoms. The van der Waals surface area contributed by atoms with Gasteiger partial charge in [0.1, 0.15) is 5.75 Å². The topological polar surface area (TPSA) is 68.5 Å². The maximum Gasteiger partial charge on any atom is 0.277 e. The highest BCUT2D eigenvalue weighted by atomic mass is 16.5. The molecule has 0 radical (unpaired) electrons. The molecular formula is C17H22N4O2. The van der Waals surface area contributed by atoms with Crippen LogP contribution in [0.3, 0.4) is 0 Å². The summed E-state index contributed by atoms with van der Waals surface area (Å²) < 4.78 is 7.31. The van der Waals surface area contributed by atoms with Crippen LogP contribution in [0.25, 0.3) is 0 Å². The zero-order chi connectivity index (χ0) is 17.0. The molecule has 1 N–H and O–H groups in total. The lowest BCUT2D eigenvalue weighted by molar-refractivity contribution is -0.123. The first-order valence-corrected chi connectivity index (χ1v) is 7.40. The summed E-state index contributed by atoms with van der Waals surface area (Å²) in [4.78, 5) is 11.8. The number of hydrogen-bond acceptors (Lipinski definition) is 4. The van der Waals surface area contributed by atoms with E-state index in [9.17, 15) is 4.79 Å². The first kappa shape index (κ1) is 16.7. The van der Waals surface area contributed by atoms with E-state index in [-0.39, 0.29) is 12.5 Å². The van der Waals surface area contributed by atoms with E-state index in [0.717, 1.165) is 28.1 Å². The van der Waals surface area contributed by atoms with Crippen LogP contribution in [-0.2, 0) is 11.8 Å². The minimum Gasteiger partial charge on any atom is -0.483 e. The molecule has 0 aliphatic carbocycles. The Morgan fingerprint density at radius 1 is 1.35 bits per heavy atom. The van der Waals surface area contributed by atoms with E-state index >= 15 is 0 Å². The normalized spacial score (nSPS) is 11.0. The van der Waals surface area contributed by atoms with Crippen LogP contribution in [0.2, 0.25) is 0 Å². The number of nitrogens with one attached hydrogen (secondary N) is 1. The van der Waals surface area contributed by atoms with E-state index < -0.39 is 0 Å². The fourth-order valence-electron chi connectivity index (χ4n) is 2.18. The Labute approximate surface area is 136 Å². The molecule has 0 atom stereocenters. The highest BCUT2D eigenvalue weighted by molar-refractivity contribution is 5.84. The van der Waals surface area contributed by atoms with Crippen LogP contribution in [0.15, 0.2) is 23.3 Å². The third-order valence-electron chi connectivity index (χ3n) is 3.65. The Hall–Kier alpha value is -2.63. The number of nitrogens with zero attached hydrogens (tertiary/aromatic N) is 3. The van der Waals surface area contributed by atoms with E-state index in [1.807, 2.05) is 52.9 Å². The van der Waals surface area contributed by atoms with Crippen molar-refractivity contribution in [3.05, 3.63) is 46.3 Å². The quantitative estimate of drug-likeness (QED) is 0.679. The van der Waals surface area contributed by atoms with Crippen molar-refractivity contribution in [1.82, 2.24) is 15.2 Å². The summed E-state index contributed by atoms with van der Waals surface area (Å²) in [6.45, 7) is 7.70. The molecule has 0 saturated heterocycles. The Morgan fingerprint density at radius 2 is 2.09 bits per heavy atom. The lowest BCUT2D eigenvalue weighted by atomic mass is 10.1. The van der Waals surface area contributed by atoms with Gasteiger partial charge in [-0.1, -0.05) is 12.1 Å². The summed E-state index contributed by atoms with van der Waals surface area (Å²) in [5, 5.41) is 8.26. The van der Waals surface area contributed by atoms with Crippen LogP contribution in [0, 0.1) is 27.7 Å². The Bertz CT molecular complexity index is 747. The van der Waals surface area contributed by atoms with Crippen molar-refractivity contribution in [1.29, 1.82) is 0 Å². The van der Waals surface area contributed by atoms with Crippen LogP contribution in [-0.4, -0.2) is 28.5 Å². The molecule has 0 saturated carbocycles. The second-order valence-electron chi connectivity index (χ2n) is 5.56. The molecular weight excluding hydrogens is 292 g/mol. The molecule has 1 aromatic carbocycles. The second-order valence-corrected chi connectivity index (χ2v) is 5.56. The third kappa shape index (κ3) is 4.18. The van der Waals surface area contributed by atoms with Gasteiger partial charge in [-0.05, 0) is 44.9 Å². The van der Waals surface area contributed by atoms with Crippen molar-refractivity contribution < 1.29 is 9.53 Å². The first-order valence-electron chi connectivity index (χ1n) is 7.40. The third-order valence-corrected chi connectivity index (χ3v) is 3.65. The summed E-state index contributed by atoms with van der Waals surface area (Å²) in [6.07, 6.45) is 1.60. The number of amides is 1. The van der Waals surface area contributed by atoms with Crippen molar-refractivity contribution >= 4 is 12.1 Å². The molecule has 0 aliphatic rings. The predicted molar refractivity (Wildman–Crippen MR) is 89.8 cm³/mol. The number of aryl methyl sites for hydroxylation is 4. The fraction of sp³-hybridized carbons (Fsp3) is 0.353. The lowest BCUT2D eigenvalue weighted by Crippen LogP contribution is -2.24. The molecule has 1 heterocycles. The van der Waals surface area contributed by atoms with Gasteiger partial charge in [0.25, 0.3) is 5.91 Å². The predicted octanol–water partition coefficient (Wildman–Crippen LogP) is 2.18. The van der Waals surface area contributed by atoms with Gasteiger partial charge in [0.2, 0.25) is 0 Å². The number of hydrogen-bond donors (Lipinski definition) is 1. The summed E-state index contributed by atoms with van der Waals surface area (Å²) in [5.41, 5.74) is 7.32. The Morgan fingerprint density at radius 3 is 2.74 bits per heavy atom. The lowest BCUT2D eigenvalue weighted by Gasteiger charge is -2.08. The average Bonchev–Trinajstić information content (AvgIpc) is 2.74. The minimum atomic E-state index is -0.304. The molecule has 0 fully saturated rings. The van der Waals surface area contributed by atoms with E-state index in [4.69, 9.17) is 4.74 Å². The van der Waals surface area contributed by atoms with Crippen LogP contribution in [0.1, 0.15) is 28.1 Å². The van der Waals surface area contributed by atoms with Crippen molar-refractivity contribution in [2.24, 2.45) is 12.1 Å². The van der Waals surface area contributed by atoms with Crippen LogP contribution in [0.5, 0.6) is 5.75 Å². The number of aromatic nitrogens is 2. The van der Waals surface area contributed by atoms with Gasteiger partial charge in [-0.2, -0.15) is 10.2 Å². The zero-order valence-corrected chi connectivity index (χ0v) is 14.2. The molecule has 122 valence electrons. The molecule has 0 spiro atoms. The highest BCUT2D eigenvalue weighted by Gasteiger charge is 2.07. The van der Waals surface area contributed by atoms with E-state index in [2.05, 4.69) is 15.6 Å². The molecule has 23 heavy (non-hydrogen) atoms. The maximum absolute atomic E-state index is 11.8. The van der Waals surface area contributed by atoms with Gasteiger partial charge in [0, 0.05) is 18.3 Å².